The van der Waals surface area contributed by atoms with Crippen LogP contribution in [0.4, 0.5) is 0 Å². The molecule has 23 heavy (non-hydrogen) atoms. The van der Waals surface area contributed by atoms with E-state index in [1.165, 1.54) is 6.42 Å². The number of phosphoric ester groups is 1. The Labute approximate surface area is 137 Å². The molecule has 4 aliphatic carbocycles. The molecule has 7 unspecified atom stereocenters. The molecule has 4 bridgehead atoms. The van der Waals surface area contributed by atoms with Crippen LogP contribution in [0.15, 0.2) is 12.2 Å². The lowest BCUT2D eigenvalue weighted by Crippen LogP contribution is -2.35. The third-order valence-electron chi connectivity index (χ3n) is 6.35. The minimum Gasteiger partial charge on any atom is -0.370 e. The van der Waals surface area contributed by atoms with Crippen LogP contribution in [0.5, 0.6) is 0 Å². The molecule has 0 N–H and O–H groups in total. The summed E-state index contributed by atoms with van der Waals surface area (Å²) in [5, 5.41) is 0. The van der Waals surface area contributed by atoms with E-state index in [1.54, 1.807) is 13.8 Å². The predicted octanol–water partition coefficient (Wildman–Crippen LogP) is 3.81. The van der Waals surface area contributed by atoms with Crippen molar-refractivity contribution >= 4 is 13.8 Å². The average Bonchev–Trinajstić information content (AvgIpc) is 3.25. The van der Waals surface area contributed by atoms with E-state index >= 15 is 0 Å². The largest absolute Gasteiger partial charge is 0.532 e. The van der Waals surface area contributed by atoms with Gasteiger partial charge in [0.15, 0.2) is 0 Å². The molecular formula is C17H25O5P. The maximum atomic E-state index is 12.6. The topological polar surface area (TPSA) is 61.8 Å². The fraction of sp³-hybridized carbons (Fsp3) is 0.824. The van der Waals surface area contributed by atoms with E-state index < -0.39 is 7.82 Å². The highest BCUT2D eigenvalue weighted by Gasteiger charge is 2.62. The van der Waals surface area contributed by atoms with Crippen LogP contribution >= 0.6 is 7.82 Å². The molecule has 0 aliphatic heterocycles. The van der Waals surface area contributed by atoms with Crippen molar-refractivity contribution in [1.29, 1.82) is 0 Å². The summed E-state index contributed by atoms with van der Waals surface area (Å²) in [5.74, 6) is 3.26. The zero-order chi connectivity index (χ0) is 16.2. The second-order valence-corrected chi connectivity index (χ2v) is 8.89. The lowest BCUT2D eigenvalue weighted by atomic mass is 9.69. The van der Waals surface area contributed by atoms with Gasteiger partial charge in [0.25, 0.3) is 0 Å². The fourth-order valence-corrected chi connectivity index (χ4v) is 7.04. The number of rotatable bonds is 6. The van der Waals surface area contributed by atoms with Gasteiger partial charge in [-0.25, -0.2) is 4.57 Å². The molecule has 128 valence electrons. The Bertz CT molecular complexity index is 563. The van der Waals surface area contributed by atoms with E-state index in [0.717, 1.165) is 24.7 Å². The van der Waals surface area contributed by atoms with Crippen LogP contribution in [0, 0.1) is 41.4 Å². The Morgan fingerprint density at radius 2 is 1.70 bits per heavy atom. The van der Waals surface area contributed by atoms with Crippen LogP contribution in [0.2, 0.25) is 0 Å². The molecule has 0 aromatic carbocycles. The quantitative estimate of drug-likeness (QED) is 0.418. The molecule has 5 nitrogen and oxygen atoms in total. The predicted molar refractivity (Wildman–Crippen MR) is 84.4 cm³/mol. The van der Waals surface area contributed by atoms with Gasteiger partial charge < -0.3 is 4.52 Å². The van der Waals surface area contributed by atoms with E-state index in [1.807, 2.05) is 0 Å². The Morgan fingerprint density at radius 3 is 2.35 bits per heavy atom. The van der Waals surface area contributed by atoms with Crippen molar-refractivity contribution in [2.24, 2.45) is 41.4 Å². The zero-order valence-corrected chi connectivity index (χ0v) is 14.6. The van der Waals surface area contributed by atoms with Gasteiger partial charge in [-0.3, -0.25) is 13.8 Å². The summed E-state index contributed by atoms with van der Waals surface area (Å²) in [7, 11) is -3.75. The van der Waals surface area contributed by atoms with Crippen LogP contribution in [0.1, 0.15) is 33.1 Å². The van der Waals surface area contributed by atoms with Gasteiger partial charge in [0.2, 0.25) is 0 Å². The highest BCUT2D eigenvalue weighted by Crippen LogP contribution is 2.67. The second kappa shape index (κ2) is 5.72. The first-order valence-electron chi connectivity index (χ1n) is 8.87. The molecule has 7 atom stereocenters. The zero-order valence-electron chi connectivity index (χ0n) is 13.7. The van der Waals surface area contributed by atoms with Crippen LogP contribution in [0.25, 0.3) is 0 Å². The molecule has 0 heterocycles. The van der Waals surface area contributed by atoms with Gasteiger partial charge in [-0.1, -0.05) is 12.2 Å². The molecule has 0 aromatic heterocycles. The normalized spacial score (nSPS) is 43.1. The standard InChI is InChI=1S/C17H25O5P/c1-3-20-23(19,21-4-2)22-17(18)14-9-12-8-13(14)16-11-6-5-10(7-11)15(12)16/h5-6,10-16H,3-4,7-9H2,1-2H3. The number of allylic oxidation sites excluding steroid dienone is 2. The van der Waals surface area contributed by atoms with Crippen LogP contribution < -0.4 is 0 Å². The average molecular weight is 340 g/mol. The molecule has 0 saturated heterocycles. The number of hydrogen-bond donors (Lipinski definition) is 0. The van der Waals surface area contributed by atoms with Gasteiger partial charge in [0.1, 0.15) is 0 Å². The molecule has 0 aromatic rings. The van der Waals surface area contributed by atoms with Gasteiger partial charge >= 0.3 is 13.8 Å². The third kappa shape index (κ3) is 2.43. The van der Waals surface area contributed by atoms with Crippen molar-refractivity contribution in [2.45, 2.75) is 33.1 Å². The second-order valence-electron chi connectivity index (χ2n) is 7.30. The van der Waals surface area contributed by atoms with Gasteiger partial charge in [-0.15, -0.1) is 0 Å². The molecule has 0 spiro atoms. The summed E-state index contributed by atoms with van der Waals surface area (Å²) in [5.41, 5.74) is 0. The van der Waals surface area contributed by atoms with Gasteiger partial charge in [0.05, 0.1) is 19.1 Å². The highest BCUT2D eigenvalue weighted by atomic mass is 31.2. The summed E-state index contributed by atoms with van der Waals surface area (Å²) >= 11 is 0. The maximum Gasteiger partial charge on any atom is 0.532 e. The Morgan fingerprint density at radius 1 is 1.04 bits per heavy atom. The number of carbonyl (C=O) groups excluding carboxylic acids is 1. The minimum atomic E-state index is -3.75. The van der Waals surface area contributed by atoms with E-state index in [0.29, 0.717) is 23.7 Å². The molecule has 0 amide bonds. The summed E-state index contributed by atoms with van der Waals surface area (Å²) in [6.45, 7) is 3.81. The van der Waals surface area contributed by atoms with E-state index in [2.05, 4.69) is 12.2 Å². The van der Waals surface area contributed by atoms with E-state index in [9.17, 15) is 9.36 Å². The van der Waals surface area contributed by atoms with Crippen molar-refractivity contribution in [1.82, 2.24) is 0 Å². The monoisotopic (exact) mass is 340 g/mol. The first-order valence-corrected chi connectivity index (χ1v) is 10.3. The van der Waals surface area contributed by atoms with Crippen molar-refractivity contribution in [3.63, 3.8) is 0 Å². The molecular weight excluding hydrogens is 315 g/mol. The molecule has 3 fully saturated rings. The summed E-state index contributed by atoms with van der Waals surface area (Å²) in [4.78, 5) is 12.6. The van der Waals surface area contributed by atoms with Crippen molar-refractivity contribution in [3.05, 3.63) is 12.2 Å². The van der Waals surface area contributed by atoms with Gasteiger partial charge in [-0.05, 0) is 68.6 Å². The molecule has 4 rings (SSSR count). The minimum absolute atomic E-state index is 0.136. The molecule has 0 radical (unpaired) electrons. The third-order valence-corrected chi connectivity index (χ3v) is 7.90. The first-order chi connectivity index (χ1) is 11.1. The van der Waals surface area contributed by atoms with Crippen LogP contribution in [0.3, 0.4) is 0 Å². The van der Waals surface area contributed by atoms with E-state index in [-0.39, 0.29) is 25.1 Å². The lowest BCUT2D eigenvalue weighted by Gasteiger charge is -2.35. The smallest absolute Gasteiger partial charge is 0.370 e. The molecule has 4 aliphatic rings. The van der Waals surface area contributed by atoms with Gasteiger partial charge in [0, 0.05) is 0 Å². The summed E-state index contributed by atoms with van der Waals surface area (Å²) in [6.07, 6.45) is 8.00. The van der Waals surface area contributed by atoms with Crippen molar-refractivity contribution in [2.75, 3.05) is 13.2 Å². The Hall–Kier alpha value is -0.640. The number of carbonyl (C=O) groups is 1. The van der Waals surface area contributed by atoms with Crippen molar-refractivity contribution < 1.29 is 22.9 Å². The van der Waals surface area contributed by atoms with Gasteiger partial charge in [-0.2, -0.15) is 0 Å². The number of hydrogen-bond acceptors (Lipinski definition) is 5. The highest BCUT2D eigenvalue weighted by molar-refractivity contribution is 7.49. The van der Waals surface area contributed by atoms with Crippen molar-refractivity contribution in [3.8, 4) is 0 Å². The molecule has 6 heteroatoms. The maximum absolute atomic E-state index is 12.6. The SMILES string of the molecule is CCOP(=O)(OCC)OC(=O)C1CC2CC1C1C3C=CC(C3)C21. The van der Waals surface area contributed by atoms with Crippen LogP contribution in [-0.4, -0.2) is 19.2 Å². The Kier molecular flexibility index (Phi) is 3.94. The first kappa shape index (κ1) is 15.9. The fourth-order valence-electron chi connectivity index (χ4n) is 5.87. The number of fused-ring (bicyclic) bond motifs is 9. The summed E-state index contributed by atoms with van der Waals surface area (Å²) in [6, 6.07) is 0. The van der Waals surface area contributed by atoms with E-state index in [4.69, 9.17) is 13.6 Å². The lowest BCUT2D eigenvalue weighted by molar-refractivity contribution is -0.144. The number of phosphoric acid groups is 1. The molecule has 3 saturated carbocycles. The Balaban J connectivity index is 1.47. The summed E-state index contributed by atoms with van der Waals surface area (Å²) < 4.78 is 27.9. The van der Waals surface area contributed by atoms with Crippen LogP contribution in [-0.2, 0) is 22.9 Å².